The Morgan fingerprint density at radius 1 is 0.403 bits per heavy atom. The third-order valence-electron chi connectivity index (χ3n) is 12.2. The van der Waals surface area contributed by atoms with Crippen LogP contribution >= 0.6 is 0 Å². The van der Waals surface area contributed by atoms with Crippen molar-refractivity contribution in [3.8, 4) is 0 Å². The lowest BCUT2D eigenvalue weighted by atomic mass is 10.1. The number of Topliss-reactive ketones (excluding diaryl/α,β-unsaturated/α-hetero) is 1. The lowest BCUT2D eigenvalue weighted by Crippen LogP contribution is -2.06. The number of carbonyl (C=O) groups is 1. The van der Waals surface area contributed by atoms with E-state index in [4.69, 9.17) is 0 Å². The maximum Gasteiger partial charge on any atom is 0.189 e. The minimum absolute atomic E-state index is 0.0270. The molecule has 5 aromatic heterocycles. The summed E-state index contributed by atoms with van der Waals surface area (Å²) in [6, 6.07) is 35.0. The zero-order valence-corrected chi connectivity index (χ0v) is 42.4. The molecule has 0 bridgehead atoms. The number of para-hydroxylation sites is 1. The second-order valence-corrected chi connectivity index (χ2v) is 17.7. The largest absolute Gasteiger partial charge is 0.358 e. The molecular weight excluding hydrogens is 906 g/mol. The molecule has 0 spiro atoms. The highest BCUT2D eigenvalue weighted by Gasteiger charge is 2.07. The summed E-state index contributed by atoms with van der Waals surface area (Å²) in [7, 11) is 0. The first-order valence-electron chi connectivity index (χ1n) is 24.3. The SMILES string of the molecule is CCc1cc(=O)c2c(C)cc(C)cc2[nH]1.CCc1cc(=O)c2cc(C(C)=O)ccc2[nH]1.CCc1cc(=O)c2cc(F)ccc2[nH]1.CCc1cc(=O)c2ccc(C)cc2[nH]1.CCc1cc(=O)c2ccccc2[nH]1. The number of carbonyl (C=O) groups excluding carboxylic acids is 1. The third kappa shape index (κ3) is 13.1. The van der Waals surface area contributed by atoms with Gasteiger partial charge >= 0.3 is 0 Å². The van der Waals surface area contributed by atoms with Gasteiger partial charge in [0.1, 0.15) is 5.82 Å². The van der Waals surface area contributed by atoms with Crippen LogP contribution < -0.4 is 27.1 Å². The number of benzene rings is 5. The molecule has 0 aliphatic carbocycles. The van der Waals surface area contributed by atoms with Gasteiger partial charge in [0, 0.05) is 119 Å². The lowest BCUT2D eigenvalue weighted by Gasteiger charge is -2.05. The highest BCUT2D eigenvalue weighted by molar-refractivity contribution is 5.97. The quantitative estimate of drug-likeness (QED) is 0.103. The molecule has 0 fully saturated rings. The molecule has 0 saturated carbocycles. The van der Waals surface area contributed by atoms with Crippen LogP contribution in [0, 0.1) is 26.6 Å². The lowest BCUT2D eigenvalue weighted by molar-refractivity contribution is 0.101. The highest BCUT2D eigenvalue weighted by Crippen LogP contribution is 2.17. The molecule has 0 unspecified atom stereocenters. The molecule has 0 aliphatic rings. The van der Waals surface area contributed by atoms with E-state index in [2.05, 4.69) is 24.9 Å². The van der Waals surface area contributed by atoms with Gasteiger partial charge in [-0.2, -0.15) is 0 Å². The number of ketones is 1. The van der Waals surface area contributed by atoms with Gasteiger partial charge in [-0.15, -0.1) is 0 Å². The minimum Gasteiger partial charge on any atom is -0.358 e. The fraction of sp³-hybridized carbons (Fsp3) is 0.233. The zero-order valence-electron chi connectivity index (χ0n) is 42.4. The van der Waals surface area contributed by atoms with Crippen molar-refractivity contribution in [3.05, 3.63) is 229 Å². The number of halogens is 1. The van der Waals surface area contributed by atoms with Crippen molar-refractivity contribution < 1.29 is 9.18 Å². The van der Waals surface area contributed by atoms with Gasteiger partial charge < -0.3 is 24.9 Å². The summed E-state index contributed by atoms with van der Waals surface area (Å²) in [6.45, 7) is 17.6. The van der Waals surface area contributed by atoms with Gasteiger partial charge in [0.05, 0.1) is 0 Å². The Bertz CT molecular complexity index is 3900. The summed E-state index contributed by atoms with van der Waals surface area (Å²) < 4.78 is 12.8. The van der Waals surface area contributed by atoms with Crippen molar-refractivity contribution in [3.63, 3.8) is 0 Å². The standard InChI is InChI=1S/C13H13NO2.C13H15NO.C12H13NO.C11H10FNO.C11H11NO/c1-3-10-7-13(16)11-6-9(8(2)15)4-5-12(11)14-10;1-4-10-7-12(15)13-9(3)5-8(2)6-11(13)14-10;1-3-9-7-12(14)10-5-4-8(2)6-11(10)13-9;1-2-8-6-11(14)9-5-7(12)3-4-10(9)13-8;1-2-8-7-11(13)9-5-3-4-6-10(9)12-8/h4-7H,3H2,1-2H3,(H,14,16);5-7H,4H2,1-3H3,(H,14,15);4-7H,3H2,1-2H3,(H,13,14);3-6H,2H2,1H3,(H,13,14);3-7H,2H2,1H3,(H,12,13). The van der Waals surface area contributed by atoms with Crippen LogP contribution in [0.2, 0.25) is 0 Å². The summed E-state index contributed by atoms with van der Waals surface area (Å²) in [5.41, 5.74) is 13.2. The molecule has 370 valence electrons. The van der Waals surface area contributed by atoms with Gasteiger partial charge in [0.2, 0.25) is 0 Å². The van der Waals surface area contributed by atoms with Crippen LogP contribution in [-0.2, 0) is 32.1 Å². The Morgan fingerprint density at radius 3 is 1.35 bits per heavy atom. The van der Waals surface area contributed by atoms with Crippen LogP contribution in [0.3, 0.4) is 0 Å². The molecule has 10 rings (SSSR count). The van der Waals surface area contributed by atoms with Crippen LogP contribution in [0.15, 0.2) is 145 Å². The van der Waals surface area contributed by atoms with Crippen molar-refractivity contribution in [1.82, 2.24) is 24.9 Å². The first kappa shape index (κ1) is 53.1. The molecule has 72 heavy (non-hydrogen) atoms. The van der Waals surface area contributed by atoms with Crippen LogP contribution in [0.5, 0.6) is 0 Å². The van der Waals surface area contributed by atoms with Crippen molar-refractivity contribution in [1.29, 1.82) is 0 Å². The van der Waals surface area contributed by atoms with E-state index in [-0.39, 0.29) is 38.7 Å². The Morgan fingerprint density at radius 2 is 0.819 bits per heavy atom. The van der Waals surface area contributed by atoms with E-state index in [1.807, 2.05) is 110 Å². The van der Waals surface area contributed by atoms with E-state index < -0.39 is 0 Å². The van der Waals surface area contributed by atoms with E-state index in [9.17, 15) is 33.2 Å². The topological polar surface area (TPSA) is 181 Å². The van der Waals surface area contributed by atoms with Gasteiger partial charge in [-0.1, -0.05) is 58.9 Å². The minimum atomic E-state index is -0.382. The molecule has 5 N–H and O–H groups in total. The van der Waals surface area contributed by atoms with E-state index in [0.717, 1.165) is 104 Å². The Kier molecular flexibility index (Phi) is 17.7. The fourth-order valence-electron chi connectivity index (χ4n) is 8.25. The third-order valence-corrected chi connectivity index (χ3v) is 12.2. The average molecular weight is 968 g/mol. The van der Waals surface area contributed by atoms with Gasteiger partial charge in [-0.05, 0) is 143 Å². The zero-order chi connectivity index (χ0) is 52.2. The van der Waals surface area contributed by atoms with Crippen molar-refractivity contribution >= 4 is 60.3 Å². The van der Waals surface area contributed by atoms with Gasteiger partial charge in [0.15, 0.2) is 32.9 Å². The molecular formula is C60H62FN5O6. The van der Waals surface area contributed by atoms with Gasteiger partial charge in [-0.3, -0.25) is 28.8 Å². The number of pyridine rings is 5. The van der Waals surface area contributed by atoms with E-state index in [1.54, 1.807) is 48.5 Å². The van der Waals surface area contributed by atoms with E-state index >= 15 is 0 Å². The average Bonchev–Trinajstić information content (AvgIpc) is 3.36. The fourth-order valence-corrected chi connectivity index (χ4v) is 8.25. The van der Waals surface area contributed by atoms with E-state index in [0.29, 0.717) is 21.9 Å². The summed E-state index contributed by atoms with van der Waals surface area (Å²) in [5, 5.41) is 3.33. The number of fused-ring (bicyclic) bond motifs is 5. The molecule has 0 atom stereocenters. The monoisotopic (exact) mass is 967 g/mol. The highest BCUT2D eigenvalue weighted by atomic mass is 19.1. The molecule has 0 amide bonds. The summed E-state index contributed by atoms with van der Waals surface area (Å²) in [4.78, 5) is 85.6. The number of hydrogen-bond donors (Lipinski definition) is 5. The summed E-state index contributed by atoms with van der Waals surface area (Å²) in [5.74, 6) is -0.409. The molecule has 0 radical (unpaired) electrons. The number of hydrogen-bond acceptors (Lipinski definition) is 6. The van der Waals surface area contributed by atoms with E-state index in [1.165, 1.54) is 36.2 Å². The number of nitrogens with one attached hydrogen (secondary N) is 5. The number of aromatic amines is 5. The molecule has 5 heterocycles. The number of H-pyrrole nitrogens is 5. The van der Waals surface area contributed by atoms with Crippen LogP contribution in [0.25, 0.3) is 54.5 Å². The first-order chi connectivity index (χ1) is 34.4. The second-order valence-electron chi connectivity index (χ2n) is 17.7. The molecule has 5 aromatic carbocycles. The van der Waals surface area contributed by atoms with Crippen molar-refractivity contribution in [2.75, 3.05) is 0 Å². The van der Waals surface area contributed by atoms with Crippen molar-refractivity contribution in [2.45, 2.75) is 94.4 Å². The maximum atomic E-state index is 12.8. The molecule has 12 heteroatoms. The number of aryl methyl sites for hydroxylation is 8. The van der Waals surface area contributed by atoms with Gasteiger partial charge in [0.25, 0.3) is 0 Å². The number of rotatable bonds is 6. The Balaban J connectivity index is 0.000000147. The molecule has 0 saturated heterocycles. The first-order valence-corrected chi connectivity index (χ1v) is 24.3. The summed E-state index contributed by atoms with van der Waals surface area (Å²) >= 11 is 0. The predicted octanol–water partition coefficient (Wildman–Crippen LogP) is 11.7. The normalized spacial score (nSPS) is 10.7. The molecule has 0 aliphatic heterocycles. The van der Waals surface area contributed by atoms with Crippen LogP contribution in [0.1, 0.15) is 97.1 Å². The van der Waals surface area contributed by atoms with Crippen LogP contribution in [-0.4, -0.2) is 30.7 Å². The van der Waals surface area contributed by atoms with Crippen molar-refractivity contribution in [2.24, 2.45) is 0 Å². The smallest absolute Gasteiger partial charge is 0.189 e. The second kappa shape index (κ2) is 24.0. The molecule has 10 aromatic rings. The van der Waals surface area contributed by atoms with Crippen LogP contribution in [0.4, 0.5) is 4.39 Å². The Hall–Kier alpha value is -8.25. The predicted molar refractivity (Wildman–Crippen MR) is 294 cm³/mol. The van der Waals surface area contributed by atoms with Gasteiger partial charge in [-0.25, -0.2) is 4.39 Å². The number of aromatic nitrogens is 5. The molecule has 11 nitrogen and oxygen atoms in total. The maximum absolute atomic E-state index is 12.8. The summed E-state index contributed by atoms with van der Waals surface area (Å²) in [6.07, 6.45) is 4.14. The Labute approximate surface area is 416 Å².